The molecule has 132 valence electrons. The van der Waals surface area contributed by atoms with E-state index in [0.29, 0.717) is 17.9 Å². The molecular weight excluding hydrogens is 322 g/mol. The predicted molar refractivity (Wildman–Crippen MR) is 96.0 cm³/mol. The largest absolute Gasteiger partial charge is 0.414 e. The number of aromatic nitrogens is 4. The zero-order chi connectivity index (χ0) is 17.5. The minimum Gasteiger partial charge on any atom is -0.414 e. The van der Waals surface area contributed by atoms with Crippen LogP contribution in [0.5, 0.6) is 0 Å². The first kappa shape index (κ1) is 17.3. The summed E-state index contributed by atoms with van der Waals surface area (Å²) in [5, 5.41) is 0.208. The maximum Gasteiger partial charge on any atom is 0.192 e. The van der Waals surface area contributed by atoms with Gasteiger partial charge in [0.2, 0.25) is 0 Å². The Morgan fingerprint density at radius 1 is 1.29 bits per heavy atom. The Kier molecular flexibility index (Phi) is 4.39. The van der Waals surface area contributed by atoms with Crippen LogP contribution in [0.4, 0.5) is 5.82 Å². The molecule has 0 bridgehead atoms. The third-order valence-corrected chi connectivity index (χ3v) is 9.72. The maximum atomic E-state index is 6.29. The van der Waals surface area contributed by atoms with E-state index in [-0.39, 0.29) is 17.4 Å². The van der Waals surface area contributed by atoms with Crippen LogP contribution in [0, 0.1) is 0 Å². The lowest BCUT2D eigenvalue weighted by molar-refractivity contribution is -0.0182. The molecule has 0 saturated carbocycles. The molecule has 2 aromatic heterocycles. The van der Waals surface area contributed by atoms with Crippen molar-refractivity contribution in [3.8, 4) is 0 Å². The summed E-state index contributed by atoms with van der Waals surface area (Å²) in [6.07, 6.45) is 5.12. The number of rotatable bonds is 4. The molecule has 2 aromatic rings. The van der Waals surface area contributed by atoms with Gasteiger partial charge in [-0.2, -0.15) is 0 Å². The molecule has 3 heterocycles. The third kappa shape index (κ3) is 3.18. The molecule has 0 unspecified atom stereocenters. The van der Waals surface area contributed by atoms with E-state index in [2.05, 4.69) is 48.8 Å². The first-order valence-electron chi connectivity index (χ1n) is 8.41. The average molecular weight is 350 g/mol. The number of nitrogen functional groups attached to an aromatic ring is 1. The zero-order valence-electron chi connectivity index (χ0n) is 15.1. The van der Waals surface area contributed by atoms with E-state index in [0.717, 1.165) is 18.5 Å². The number of imidazole rings is 1. The Morgan fingerprint density at radius 2 is 2.04 bits per heavy atom. The zero-order valence-corrected chi connectivity index (χ0v) is 16.1. The molecule has 3 rings (SSSR count). The van der Waals surface area contributed by atoms with Gasteiger partial charge in [-0.15, -0.1) is 0 Å². The van der Waals surface area contributed by atoms with Gasteiger partial charge in [-0.1, -0.05) is 20.8 Å². The number of nitrogens with zero attached hydrogens (tertiary/aromatic N) is 4. The number of fused-ring (bicyclic) bond motifs is 1. The van der Waals surface area contributed by atoms with Crippen LogP contribution in [0.15, 0.2) is 12.7 Å². The molecule has 7 nitrogen and oxygen atoms in total. The molecular formula is C16H27N5O2Si. The van der Waals surface area contributed by atoms with Crippen molar-refractivity contribution >= 4 is 25.3 Å². The van der Waals surface area contributed by atoms with Crippen LogP contribution < -0.4 is 5.73 Å². The van der Waals surface area contributed by atoms with Crippen molar-refractivity contribution < 1.29 is 9.16 Å². The summed E-state index contributed by atoms with van der Waals surface area (Å²) in [4.78, 5) is 12.6. The lowest BCUT2D eigenvalue weighted by Crippen LogP contribution is -2.42. The minimum atomic E-state index is -1.75. The number of nitrogens with two attached hydrogens (primary N) is 1. The van der Waals surface area contributed by atoms with Crippen molar-refractivity contribution in [3.05, 3.63) is 12.7 Å². The number of ether oxygens (including phenoxy) is 1. The van der Waals surface area contributed by atoms with Gasteiger partial charge >= 0.3 is 0 Å². The second-order valence-corrected chi connectivity index (χ2v) is 12.8. The molecule has 2 atom stereocenters. The maximum absolute atomic E-state index is 6.29. The summed E-state index contributed by atoms with van der Waals surface area (Å²) in [5.41, 5.74) is 7.20. The normalized spacial score (nSPS) is 22.4. The van der Waals surface area contributed by atoms with Gasteiger partial charge in [-0.3, -0.25) is 4.57 Å². The standard InChI is InChI=1S/C16H27N5O2Si/c1-16(2,3)24(4,5)22-8-11-6-7-12(23-11)21-10-20-13-14(17)18-9-19-15(13)21/h9-12H,6-8H2,1-5H3,(H2,17,18,19)/t11-,12-/m1/s1. The van der Waals surface area contributed by atoms with E-state index in [4.69, 9.17) is 14.9 Å². The van der Waals surface area contributed by atoms with Gasteiger partial charge in [0.15, 0.2) is 19.8 Å². The van der Waals surface area contributed by atoms with Gasteiger partial charge in [-0.05, 0) is 31.0 Å². The predicted octanol–water partition coefficient (Wildman–Crippen LogP) is 3.11. The van der Waals surface area contributed by atoms with Crippen molar-refractivity contribution in [2.75, 3.05) is 12.3 Å². The van der Waals surface area contributed by atoms with E-state index in [9.17, 15) is 0 Å². The monoisotopic (exact) mass is 349 g/mol. The van der Waals surface area contributed by atoms with Crippen LogP contribution in [0.1, 0.15) is 39.8 Å². The smallest absolute Gasteiger partial charge is 0.192 e. The van der Waals surface area contributed by atoms with Crippen molar-refractivity contribution in [2.45, 2.75) is 64.1 Å². The Bertz CT molecular complexity index is 725. The van der Waals surface area contributed by atoms with Crippen LogP contribution >= 0.6 is 0 Å². The third-order valence-electron chi connectivity index (χ3n) is 5.22. The van der Waals surface area contributed by atoms with E-state index in [1.54, 1.807) is 6.33 Å². The summed E-state index contributed by atoms with van der Waals surface area (Å²) in [6.45, 7) is 11.9. The summed E-state index contributed by atoms with van der Waals surface area (Å²) < 4.78 is 14.4. The molecule has 0 aliphatic carbocycles. The van der Waals surface area contributed by atoms with E-state index in [1.165, 1.54) is 6.33 Å². The molecule has 0 amide bonds. The molecule has 1 aliphatic heterocycles. The van der Waals surface area contributed by atoms with E-state index >= 15 is 0 Å². The summed E-state index contributed by atoms with van der Waals surface area (Å²) >= 11 is 0. The molecule has 1 fully saturated rings. The second-order valence-electron chi connectivity index (χ2n) is 7.94. The molecule has 1 saturated heterocycles. The summed E-state index contributed by atoms with van der Waals surface area (Å²) in [7, 11) is -1.75. The Hall–Kier alpha value is -1.51. The highest BCUT2D eigenvalue weighted by molar-refractivity contribution is 6.74. The van der Waals surface area contributed by atoms with Gasteiger partial charge in [-0.25, -0.2) is 15.0 Å². The Labute approximate surface area is 143 Å². The highest BCUT2D eigenvalue weighted by Gasteiger charge is 2.38. The van der Waals surface area contributed by atoms with E-state index in [1.807, 2.05) is 4.57 Å². The highest BCUT2D eigenvalue weighted by atomic mass is 28.4. The summed E-state index contributed by atoms with van der Waals surface area (Å²) in [5.74, 6) is 0.398. The van der Waals surface area contributed by atoms with Crippen LogP contribution in [-0.4, -0.2) is 40.5 Å². The number of hydrogen-bond donors (Lipinski definition) is 1. The molecule has 1 aliphatic rings. The first-order chi connectivity index (χ1) is 11.2. The lowest BCUT2D eigenvalue weighted by atomic mass is 10.2. The van der Waals surface area contributed by atoms with Gasteiger partial charge in [0.25, 0.3) is 0 Å². The SMILES string of the molecule is CC(C)(C)[Si](C)(C)OC[C@H]1CC[C@H](n2cnc3c(N)ncnc32)O1. The average Bonchev–Trinajstić information content (AvgIpc) is 3.10. The lowest BCUT2D eigenvalue weighted by Gasteiger charge is -2.36. The van der Waals surface area contributed by atoms with Crippen molar-refractivity contribution in [1.82, 2.24) is 19.5 Å². The fourth-order valence-electron chi connectivity index (χ4n) is 2.61. The minimum absolute atomic E-state index is 0.0719. The fourth-order valence-corrected chi connectivity index (χ4v) is 3.65. The van der Waals surface area contributed by atoms with Crippen LogP contribution in [0.2, 0.25) is 18.1 Å². The van der Waals surface area contributed by atoms with Crippen molar-refractivity contribution in [3.63, 3.8) is 0 Å². The van der Waals surface area contributed by atoms with E-state index < -0.39 is 8.32 Å². The number of anilines is 1. The quantitative estimate of drug-likeness (QED) is 0.853. The Morgan fingerprint density at radius 3 is 2.75 bits per heavy atom. The topological polar surface area (TPSA) is 88.1 Å². The fraction of sp³-hybridized carbons (Fsp3) is 0.688. The van der Waals surface area contributed by atoms with Gasteiger partial charge in [0.05, 0.1) is 19.0 Å². The highest BCUT2D eigenvalue weighted by Crippen LogP contribution is 2.38. The molecule has 0 spiro atoms. The van der Waals surface area contributed by atoms with Gasteiger partial charge < -0.3 is 14.9 Å². The second kappa shape index (κ2) is 6.09. The van der Waals surface area contributed by atoms with Gasteiger partial charge in [0, 0.05) is 0 Å². The van der Waals surface area contributed by atoms with Crippen LogP contribution in [0.3, 0.4) is 0 Å². The first-order valence-corrected chi connectivity index (χ1v) is 11.3. The Balaban J connectivity index is 1.66. The van der Waals surface area contributed by atoms with Crippen molar-refractivity contribution in [2.24, 2.45) is 0 Å². The number of hydrogen-bond acceptors (Lipinski definition) is 6. The molecule has 24 heavy (non-hydrogen) atoms. The molecule has 0 aromatic carbocycles. The van der Waals surface area contributed by atoms with Crippen LogP contribution in [-0.2, 0) is 9.16 Å². The van der Waals surface area contributed by atoms with Crippen molar-refractivity contribution in [1.29, 1.82) is 0 Å². The molecule has 2 N–H and O–H groups in total. The molecule has 0 radical (unpaired) electrons. The molecule has 8 heteroatoms. The van der Waals surface area contributed by atoms with Gasteiger partial charge in [0.1, 0.15) is 18.1 Å². The van der Waals surface area contributed by atoms with Crippen LogP contribution in [0.25, 0.3) is 11.2 Å². The summed E-state index contributed by atoms with van der Waals surface area (Å²) in [6, 6.07) is 0.